The van der Waals surface area contributed by atoms with Gasteiger partial charge in [0, 0.05) is 51.9 Å². The molecule has 0 saturated carbocycles. The molecule has 35 heavy (non-hydrogen) atoms. The summed E-state index contributed by atoms with van der Waals surface area (Å²) in [6.07, 6.45) is 3.99. The summed E-state index contributed by atoms with van der Waals surface area (Å²) in [7, 11) is 0. The zero-order valence-corrected chi connectivity index (χ0v) is 21.1. The number of hydrogen-bond acceptors (Lipinski definition) is 6. The second-order valence-electron chi connectivity index (χ2n) is 9.82. The Morgan fingerprint density at radius 3 is 2.74 bits per heavy atom. The van der Waals surface area contributed by atoms with Gasteiger partial charge in [0.25, 0.3) is 5.91 Å². The molecule has 2 aromatic rings. The molecule has 7 nitrogen and oxygen atoms in total. The first-order valence-corrected chi connectivity index (χ1v) is 13.8. The van der Waals surface area contributed by atoms with Gasteiger partial charge in [-0.15, -0.1) is 11.3 Å². The molecule has 4 heterocycles. The molecule has 5 rings (SSSR count). The number of thiophene rings is 1. The van der Waals surface area contributed by atoms with Crippen LogP contribution in [0.25, 0.3) is 0 Å². The maximum absolute atomic E-state index is 13.8. The summed E-state index contributed by atoms with van der Waals surface area (Å²) in [6, 6.07) is 13.9. The van der Waals surface area contributed by atoms with Crippen molar-refractivity contribution in [3.63, 3.8) is 0 Å². The van der Waals surface area contributed by atoms with Gasteiger partial charge in [0.05, 0.1) is 11.0 Å². The van der Waals surface area contributed by atoms with Crippen LogP contribution in [-0.4, -0.2) is 90.6 Å². The summed E-state index contributed by atoms with van der Waals surface area (Å²) in [6.45, 7) is 6.19. The lowest BCUT2D eigenvalue weighted by Gasteiger charge is -2.31. The molecule has 0 radical (unpaired) electrons. The third-order valence-corrected chi connectivity index (χ3v) is 8.27. The van der Waals surface area contributed by atoms with Crippen LogP contribution in [0.2, 0.25) is 0 Å². The summed E-state index contributed by atoms with van der Waals surface area (Å²) >= 11 is 1.45. The maximum atomic E-state index is 13.8. The van der Waals surface area contributed by atoms with Gasteiger partial charge in [-0.2, -0.15) is 0 Å². The Labute approximate surface area is 212 Å². The molecule has 3 saturated heterocycles. The molecule has 3 aliphatic heterocycles. The van der Waals surface area contributed by atoms with E-state index < -0.39 is 6.04 Å². The van der Waals surface area contributed by atoms with E-state index in [1.54, 1.807) is 0 Å². The molecule has 3 aliphatic rings. The van der Waals surface area contributed by atoms with Crippen molar-refractivity contribution in [1.82, 2.24) is 20.0 Å². The molecule has 0 spiro atoms. The molecule has 1 aromatic heterocycles. The zero-order chi connectivity index (χ0) is 24.0. The van der Waals surface area contributed by atoms with Crippen LogP contribution in [0.4, 0.5) is 0 Å². The topological polar surface area (TPSA) is 65.1 Å². The molecule has 3 unspecified atom stereocenters. The van der Waals surface area contributed by atoms with Gasteiger partial charge in [0.1, 0.15) is 6.04 Å². The molecule has 3 atom stereocenters. The molecule has 0 bridgehead atoms. The van der Waals surface area contributed by atoms with Crippen LogP contribution in [0, 0.1) is 0 Å². The average molecular weight is 497 g/mol. The SMILES string of the molecule is O=C(C1CC(N(Cc2ccccc2)CC2CCCO2)CN1C(=O)c1cccs1)N1CCCNCC1. The summed E-state index contributed by atoms with van der Waals surface area (Å²) in [5.41, 5.74) is 1.25. The van der Waals surface area contributed by atoms with Crippen LogP contribution in [0.1, 0.15) is 40.9 Å². The quantitative estimate of drug-likeness (QED) is 0.639. The number of amides is 2. The van der Waals surface area contributed by atoms with Gasteiger partial charge >= 0.3 is 0 Å². The van der Waals surface area contributed by atoms with Crippen LogP contribution < -0.4 is 5.32 Å². The highest BCUT2D eigenvalue weighted by Crippen LogP contribution is 2.29. The minimum atomic E-state index is -0.421. The average Bonchev–Trinajstić information content (AvgIpc) is 3.64. The largest absolute Gasteiger partial charge is 0.377 e. The fourth-order valence-corrected chi connectivity index (χ4v) is 6.25. The predicted octanol–water partition coefficient (Wildman–Crippen LogP) is 2.83. The summed E-state index contributed by atoms with van der Waals surface area (Å²) in [4.78, 5) is 34.3. The number of carbonyl (C=O) groups excluding carboxylic acids is 2. The van der Waals surface area contributed by atoms with Crippen LogP contribution in [0.15, 0.2) is 47.8 Å². The highest BCUT2D eigenvalue weighted by Gasteiger charge is 2.44. The first-order valence-electron chi connectivity index (χ1n) is 12.9. The number of nitrogens with zero attached hydrogens (tertiary/aromatic N) is 3. The van der Waals surface area contributed by atoms with Crippen LogP contribution in [0.5, 0.6) is 0 Å². The van der Waals surface area contributed by atoms with Crippen LogP contribution in [-0.2, 0) is 16.1 Å². The maximum Gasteiger partial charge on any atom is 0.264 e. The van der Waals surface area contributed by atoms with Crippen molar-refractivity contribution in [3.8, 4) is 0 Å². The number of rotatable bonds is 7. The van der Waals surface area contributed by atoms with E-state index in [-0.39, 0.29) is 24.0 Å². The summed E-state index contributed by atoms with van der Waals surface area (Å²) < 4.78 is 5.99. The van der Waals surface area contributed by atoms with Crippen LogP contribution in [0.3, 0.4) is 0 Å². The molecule has 1 aromatic carbocycles. The number of likely N-dealkylation sites (tertiary alicyclic amines) is 1. The van der Waals surface area contributed by atoms with E-state index >= 15 is 0 Å². The molecular weight excluding hydrogens is 460 g/mol. The third kappa shape index (κ3) is 5.94. The zero-order valence-electron chi connectivity index (χ0n) is 20.3. The van der Waals surface area contributed by atoms with Crippen molar-refractivity contribution in [1.29, 1.82) is 0 Å². The van der Waals surface area contributed by atoms with E-state index in [2.05, 4.69) is 34.5 Å². The third-order valence-electron chi connectivity index (χ3n) is 7.42. The Kier molecular flexibility index (Phi) is 8.13. The molecule has 1 N–H and O–H groups in total. The molecular formula is C27H36N4O3S. The number of nitrogens with one attached hydrogen (secondary N) is 1. The van der Waals surface area contributed by atoms with Gasteiger partial charge < -0.3 is 19.9 Å². The van der Waals surface area contributed by atoms with Crippen molar-refractivity contribution >= 4 is 23.2 Å². The van der Waals surface area contributed by atoms with E-state index in [0.717, 1.165) is 58.6 Å². The highest BCUT2D eigenvalue weighted by molar-refractivity contribution is 7.12. The molecule has 188 valence electrons. The molecule has 0 aliphatic carbocycles. The Hall–Kier alpha value is -2.26. The summed E-state index contributed by atoms with van der Waals surface area (Å²) in [5, 5.41) is 5.31. The Morgan fingerprint density at radius 2 is 1.97 bits per heavy atom. The lowest BCUT2D eigenvalue weighted by Crippen LogP contribution is -2.48. The smallest absolute Gasteiger partial charge is 0.264 e. The fraction of sp³-hybridized carbons (Fsp3) is 0.556. The van der Waals surface area contributed by atoms with Crippen molar-refractivity contribution < 1.29 is 14.3 Å². The first kappa shape index (κ1) is 24.4. The van der Waals surface area contributed by atoms with E-state index in [1.165, 1.54) is 16.9 Å². The Morgan fingerprint density at radius 1 is 1.09 bits per heavy atom. The minimum absolute atomic E-state index is 0.0226. The number of carbonyl (C=O) groups is 2. The lowest BCUT2D eigenvalue weighted by molar-refractivity contribution is -0.135. The summed E-state index contributed by atoms with van der Waals surface area (Å²) in [5.74, 6) is 0.0726. The van der Waals surface area contributed by atoms with Crippen molar-refractivity contribution in [3.05, 3.63) is 58.3 Å². The highest BCUT2D eigenvalue weighted by atomic mass is 32.1. The number of benzene rings is 1. The molecule has 8 heteroatoms. The van der Waals surface area contributed by atoms with Gasteiger partial charge in [0.15, 0.2) is 0 Å². The second-order valence-corrected chi connectivity index (χ2v) is 10.8. The van der Waals surface area contributed by atoms with Gasteiger partial charge in [0.2, 0.25) is 5.91 Å². The number of hydrogen-bond donors (Lipinski definition) is 1. The Balaban J connectivity index is 1.39. The van der Waals surface area contributed by atoms with Crippen LogP contribution >= 0.6 is 11.3 Å². The van der Waals surface area contributed by atoms with E-state index in [0.29, 0.717) is 24.4 Å². The lowest BCUT2D eigenvalue weighted by atomic mass is 10.1. The fourth-order valence-electron chi connectivity index (χ4n) is 5.57. The van der Waals surface area contributed by atoms with E-state index in [9.17, 15) is 9.59 Å². The first-order chi connectivity index (χ1) is 17.2. The van der Waals surface area contributed by atoms with Crippen molar-refractivity contribution in [2.45, 2.75) is 50.4 Å². The normalized spacial score (nSPS) is 25.2. The van der Waals surface area contributed by atoms with Gasteiger partial charge in [-0.1, -0.05) is 36.4 Å². The number of ether oxygens (including phenoxy) is 1. The van der Waals surface area contributed by atoms with Gasteiger partial charge in [-0.3, -0.25) is 14.5 Å². The van der Waals surface area contributed by atoms with Gasteiger partial charge in [-0.25, -0.2) is 0 Å². The molecule has 2 amide bonds. The monoisotopic (exact) mass is 496 g/mol. The predicted molar refractivity (Wildman–Crippen MR) is 137 cm³/mol. The standard InChI is InChI=1S/C27H36N4O3S/c32-26(29-13-6-11-28-12-14-29)24-17-22(19-31(24)27(33)25-10-5-16-35-25)30(20-23-9-4-15-34-23)18-21-7-2-1-3-8-21/h1-3,5,7-8,10,16,22-24,28H,4,6,9,11-15,17-20H2. The van der Waals surface area contributed by atoms with Crippen molar-refractivity contribution in [2.75, 3.05) is 45.9 Å². The second kappa shape index (κ2) is 11.6. The minimum Gasteiger partial charge on any atom is -0.377 e. The Bertz CT molecular complexity index is 956. The van der Waals surface area contributed by atoms with Crippen molar-refractivity contribution in [2.24, 2.45) is 0 Å². The van der Waals surface area contributed by atoms with Gasteiger partial charge in [-0.05, 0) is 49.2 Å². The molecule has 3 fully saturated rings. The van der Waals surface area contributed by atoms with E-state index in [1.807, 2.05) is 33.4 Å². The van der Waals surface area contributed by atoms with E-state index in [4.69, 9.17) is 4.74 Å².